The van der Waals surface area contributed by atoms with Crippen molar-refractivity contribution in [3.63, 3.8) is 0 Å². The number of amides is 1. The molecule has 17 atom stereocenters. The van der Waals surface area contributed by atoms with Crippen LogP contribution in [0.15, 0.2) is 97.2 Å². The molecule has 0 radical (unpaired) electrons. The number of aliphatic hydroxyl groups excluding tert-OH is 11. The summed E-state index contributed by atoms with van der Waals surface area (Å²) in [5.41, 5.74) is 0. The Morgan fingerprint density at radius 1 is 0.346 bits per heavy atom. The normalized spacial score (nSPS) is 26.0. The second kappa shape index (κ2) is 67.2. The molecule has 0 bridgehead atoms. The highest BCUT2D eigenvalue weighted by Crippen LogP contribution is 2.33. The molecule has 0 aromatic carbocycles. The quantitative estimate of drug-likeness (QED) is 0.0199. The van der Waals surface area contributed by atoms with Gasteiger partial charge in [-0.3, -0.25) is 4.79 Å². The van der Waals surface area contributed by atoms with Crippen LogP contribution in [0, 0.1) is 0 Å². The van der Waals surface area contributed by atoms with E-state index in [4.69, 9.17) is 28.4 Å². The summed E-state index contributed by atoms with van der Waals surface area (Å²) >= 11 is 0. The fraction of sp³-hybridized carbons (Fsp3) is 0.807. The van der Waals surface area contributed by atoms with E-state index >= 15 is 0 Å². The summed E-state index contributed by atoms with van der Waals surface area (Å²) in [6, 6.07) is -0.998. The Bertz CT molecular complexity index is 2310. The molecule has 3 aliphatic rings. The van der Waals surface area contributed by atoms with Crippen LogP contribution >= 0.6 is 0 Å². The van der Waals surface area contributed by atoms with Gasteiger partial charge in [-0.05, 0) is 83.5 Å². The van der Waals surface area contributed by atoms with E-state index in [0.29, 0.717) is 12.8 Å². The van der Waals surface area contributed by atoms with Gasteiger partial charge < -0.3 is 89.9 Å². The zero-order chi connectivity index (χ0) is 77.4. The van der Waals surface area contributed by atoms with Gasteiger partial charge in [0.15, 0.2) is 18.9 Å². The Morgan fingerprint density at radius 2 is 0.654 bits per heavy atom. The number of hydrogen-bond acceptors (Lipinski definition) is 18. The third kappa shape index (κ3) is 46.5. The lowest BCUT2D eigenvalue weighted by Gasteiger charge is -2.48. The second-order valence-corrected chi connectivity index (χ2v) is 30.3. The van der Waals surface area contributed by atoms with Crippen LogP contribution in [0.1, 0.15) is 322 Å². The lowest BCUT2D eigenvalue weighted by atomic mass is 9.96. The van der Waals surface area contributed by atoms with E-state index in [-0.39, 0.29) is 18.9 Å². The molecule has 1 amide bonds. The standard InChI is InChI=1S/C88H155NO18/c1-3-5-7-9-11-13-15-17-19-21-23-25-27-29-31-33-34-35-36-38-40-42-44-46-48-50-52-54-56-58-60-62-64-66-76(94)89-71(72(93)65-63-61-59-57-55-53-51-49-47-45-43-41-39-37-32-30-28-26-24-22-20-18-16-14-12-10-8-6-4-2)70-102-86-82(100)79(97)84(74(68-91)104-86)107-88-83(101)80(98)85(75(69-92)105-88)106-87-81(99)78(96)77(95)73(67-90)103-87/h5,7,11,13,17,19,23,25,29,31,34-35,55,57,63,65,71-75,77-88,90-93,95-101H,3-4,6,8-10,12,14-16,18,20-22,24,26-28,30,32-33,36-54,56,58-62,64,66-70H2,1-2H3,(H,89,94)/b7-5-,13-11-,19-17-,25-23-,31-29-,35-34-,57-55+,65-63+. The molecule has 3 heterocycles. The highest BCUT2D eigenvalue weighted by atomic mass is 16.8. The van der Waals surface area contributed by atoms with Crippen LogP contribution in [-0.4, -0.2) is 193 Å². The second-order valence-electron chi connectivity index (χ2n) is 30.3. The van der Waals surface area contributed by atoms with E-state index in [0.717, 1.165) is 83.5 Å². The van der Waals surface area contributed by atoms with E-state index in [9.17, 15) is 61.0 Å². The van der Waals surface area contributed by atoms with Crippen molar-refractivity contribution in [3.8, 4) is 0 Å². The highest BCUT2D eigenvalue weighted by molar-refractivity contribution is 5.76. The number of ether oxygens (including phenoxy) is 6. The Labute approximate surface area is 647 Å². The molecule has 19 heteroatoms. The van der Waals surface area contributed by atoms with Gasteiger partial charge in [-0.25, -0.2) is 0 Å². The summed E-state index contributed by atoms with van der Waals surface area (Å²) in [5.74, 6) is -0.286. The van der Waals surface area contributed by atoms with E-state index in [1.165, 1.54) is 205 Å². The summed E-state index contributed by atoms with van der Waals surface area (Å²) in [7, 11) is 0. The fourth-order valence-electron chi connectivity index (χ4n) is 14.0. The maximum absolute atomic E-state index is 13.5. The molecule has 107 heavy (non-hydrogen) atoms. The van der Waals surface area contributed by atoms with Crippen LogP contribution in [0.5, 0.6) is 0 Å². The first-order valence-electron chi connectivity index (χ1n) is 43.0. The predicted molar refractivity (Wildman–Crippen MR) is 429 cm³/mol. The number of rotatable bonds is 68. The number of allylic oxidation sites excluding steroid dienone is 15. The van der Waals surface area contributed by atoms with Crippen molar-refractivity contribution in [2.45, 2.75) is 426 Å². The molecule has 3 aliphatic heterocycles. The van der Waals surface area contributed by atoms with Crippen LogP contribution < -0.4 is 5.32 Å². The summed E-state index contributed by atoms with van der Waals surface area (Å²) in [6.45, 7) is 1.64. The molecular formula is C88H155NO18. The number of unbranched alkanes of at least 4 members (excludes halogenated alkanes) is 38. The summed E-state index contributed by atoms with van der Waals surface area (Å²) in [6.07, 6.45) is 65.4. The Balaban J connectivity index is 1.36. The number of hydrogen-bond donors (Lipinski definition) is 12. The predicted octanol–water partition coefficient (Wildman–Crippen LogP) is 15.5. The van der Waals surface area contributed by atoms with Gasteiger partial charge in [0.2, 0.25) is 5.91 Å². The monoisotopic (exact) mass is 1510 g/mol. The van der Waals surface area contributed by atoms with Crippen molar-refractivity contribution in [1.29, 1.82) is 0 Å². The van der Waals surface area contributed by atoms with Gasteiger partial charge in [0, 0.05) is 6.42 Å². The molecule has 17 unspecified atom stereocenters. The molecule has 0 spiro atoms. The topological polar surface area (TPSA) is 307 Å². The average molecular weight is 1520 g/mol. The van der Waals surface area contributed by atoms with Gasteiger partial charge in [0.1, 0.15) is 73.2 Å². The molecule has 3 saturated heterocycles. The summed E-state index contributed by atoms with van der Waals surface area (Å²) < 4.78 is 34.5. The number of carbonyl (C=O) groups is 1. The van der Waals surface area contributed by atoms with Crippen LogP contribution in [-0.2, 0) is 33.2 Å². The third-order valence-corrected chi connectivity index (χ3v) is 20.9. The minimum absolute atomic E-state index is 0.230. The van der Waals surface area contributed by atoms with Crippen molar-refractivity contribution < 1.29 is 89.4 Å². The molecular weight excluding hydrogens is 1360 g/mol. The minimum atomic E-state index is -1.99. The first-order valence-corrected chi connectivity index (χ1v) is 43.0. The largest absolute Gasteiger partial charge is 0.394 e. The third-order valence-electron chi connectivity index (χ3n) is 20.9. The maximum Gasteiger partial charge on any atom is 0.220 e. The lowest BCUT2D eigenvalue weighted by molar-refractivity contribution is -0.379. The van der Waals surface area contributed by atoms with Crippen molar-refractivity contribution in [2.24, 2.45) is 0 Å². The van der Waals surface area contributed by atoms with Crippen molar-refractivity contribution >= 4 is 5.91 Å². The summed E-state index contributed by atoms with van der Waals surface area (Å²) in [5, 5.41) is 121. The van der Waals surface area contributed by atoms with Gasteiger partial charge in [-0.1, -0.05) is 329 Å². The SMILES string of the molecule is CC/C=C\C/C=C\C/C=C\C/C=C\C/C=C\C/C=C\CCCCCCCCCCCCCCCCC(=O)NC(COC1OC(CO)C(OC2OC(CO)C(OC3OC(CO)C(O)C(O)C3O)C(O)C2O)C(O)C1O)C(O)/C=C/CC/C=C/CCCCCCCCCCCCCCCCCCCCCCCCC. The minimum Gasteiger partial charge on any atom is -0.394 e. The van der Waals surface area contributed by atoms with E-state index in [1.807, 2.05) is 6.08 Å². The molecule has 620 valence electrons. The van der Waals surface area contributed by atoms with Crippen LogP contribution in [0.4, 0.5) is 0 Å². The average Bonchev–Trinajstić information content (AvgIpc) is 0.782. The fourth-order valence-corrected chi connectivity index (χ4v) is 14.0. The molecule has 3 fully saturated rings. The molecule has 0 saturated carbocycles. The first-order chi connectivity index (χ1) is 52.3. The highest BCUT2D eigenvalue weighted by Gasteiger charge is 2.54. The van der Waals surface area contributed by atoms with Crippen molar-refractivity contribution in [2.75, 3.05) is 26.4 Å². The molecule has 0 aromatic heterocycles. The van der Waals surface area contributed by atoms with Gasteiger partial charge >= 0.3 is 0 Å². The Kier molecular flexibility index (Phi) is 61.5. The number of carbonyl (C=O) groups excluding carboxylic acids is 1. The first kappa shape index (κ1) is 97.9. The number of nitrogens with one attached hydrogen (secondary N) is 1. The molecule has 0 aliphatic carbocycles. The van der Waals surface area contributed by atoms with E-state index in [2.05, 4.69) is 104 Å². The van der Waals surface area contributed by atoms with Gasteiger partial charge in [-0.2, -0.15) is 0 Å². The smallest absolute Gasteiger partial charge is 0.220 e. The van der Waals surface area contributed by atoms with Crippen molar-refractivity contribution in [1.82, 2.24) is 5.32 Å². The Hall–Kier alpha value is -3.29. The van der Waals surface area contributed by atoms with E-state index < -0.39 is 124 Å². The van der Waals surface area contributed by atoms with Crippen molar-refractivity contribution in [3.05, 3.63) is 97.2 Å². The van der Waals surface area contributed by atoms with Crippen LogP contribution in [0.25, 0.3) is 0 Å². The zero-order valence-corrected chi connectivity index (χ0v) is 66.6. The molecule has 3 rings (SSSR count). The molecule has 12 N–H and O–H groups in total. The summed E-state index contributed by atoms with van der Waals surface area (Å²) in [4.78, 5) is 13.5. The van der Waals surface area contributed by atoms with Gasteiger partial charge in [-0.15, -0.1) is 0 Å². The van der Waals surface area contributed by atoms with Gasteiger partial charge in [0.05, 0.1) is 38.6 Å². The molecule has 0 aromatic rings. The van der Waals surface area contributed by atoms with Crippen LogP contribution in [0.3, 0.4) is 0 Å². The Morgan fingerprint density at radius 3 is 1.05 bits per heavy atom. The lowest BCUT2D eigenvalue weighted by Crippen LogP contribution is -2.66. The molecule has 19 nitrogen and oxygen atoms in total. The van der Waals surface area contributed by atoms with Gasteiger partial charge in [0.25, 0.3) is 0 Å². The van der Waals surface area contributed by atoms with E-state index in [1.54, 1.807) is 6.08 Å². The zero-order valence-electron chi connectivity index (χ0n) is 66.6. The maximum atomic E-state index is 13.5. The van der Waals surface area contributed by atoms with Crippen LogP contribution in [0.2, 0.25) is 0 Å². The number of aliphatic hydroxyl groups is 11.